The second-order valence-electron chi connectivity index (χ2n) is 3.34. The largest absolute Gasteiger partial charge is 0.421 e. The van der Waals surface area contributed by atoms with Gasteiger partial charge in [-0.1, -0.05) is 12.1 Å². The van der Waals surface area contributed by atoms with Gasteiger partial charge in [0.2, 0.25) is 11.8 Å². The molecule has 0 N–H and O–H groups in total. The molecule has 0 amide bonds. The van der Waals surface area contributed by atoms with Crippen LogP contribution in [0.3, 0.4) is 0 Å². The van der Waals surface area contributed by atoms with Crippen LogP contribution in [0.2, 0.25) is 0 Å². The Morgan fingerprint density at radius 2 is 1.27 bits per heavy atom. The molecule has 0 saturated heterocycles. The van der Waals surface area contributed by atoms with Gasteiger partial charge in [-0.15, -0.1) is 0 Å². The van der Waals surface area contributed by atoms with Crippen LogP contribution in [0, 0.1) is 13.8 Å². The molecule has 0 atom stereocenters. The second kappa shape index (κ2) is 4.09. The van der Waals surface area contributed by atoms with Gasteiger partial charge in [-0.25, -0.2) is 9.97 Å². The van der Waals surface area contributed by atoms with Crippen molar-refractivity contribution in [2.75, 3.05) is 0 Å². The molecule has 0 saturated carbocycles. The molecular weight excluding hydrogens is 188 g/mol. The number of nitrogens with zero attached hydrogens (tertiary/aromatic N) is 2. The predicted molar refractivity (Wildman–Crippen MR) is 58.0 cm³/mol. The van der Waals surface area contributed by atoms with E-state index in [9.17, 15) is 0 Å². The van der Waals surface area contributed by atoms with E-state index >= 15 is 0 Å². The number of hydrogen-bond acceptors (Lipinski definition) is 3. The van der Waals surface area contributed by atoms with Crippen LogP contribution in [0.1, 0.15) is 11.4 Å². The summed E-state index contributed by atoms with van der Waals surface area (Å²) in [5.74, 6) is 1.15. The molecular formula is C12H12N2O. The van der Waals surface area contributed by atoms with Crippen molar-refractivity contribution in [3.05, 3.63) is 47.8 Å². The summed E-state index contributed by atoms with van der Waals surface area (Å²) in [6.07, 6.45) is 0. The van der Waals surface area contributed by atoms with E-state index in [0.29, 0.717) is 11.8 Å². The molecule has 0 spiro atoms. The van der Waals surface area contributed by atoms with Crippen molar-refractivity contribution in [1.82, 2.24) is 9.97 Å². The Bertz CT molecular complexity index is 425. The predicted octanol–water partition coefficient (Wildman–Crippen LogP) is 2.89. The van der Waals surface area contributed by atoms with E-state index in [1.165, 1.54) is 0 Å². The maximum atomic E-state index is 5.52. The molecule has 2 rings (SSSR count). The summed E-state index contributed by atoms with van der Waals surface area (Å²) >= 11 is 0. The van der Waals surface area contributed by atoms with Crippen molar-refractivity contribution >= 4 is 0 Å². The van der Waals surface area contributed by atoms with Gasteiger partial charge in [0.1, 0.15) is 0 Å². The van der Waals surface area contributed by atoms with Gasteiger partial charge in [-0.05, 0) is 26.0 Å². The Hall–Kier alpha value is -1.90. The third kappa shape index (κ3) is 2.53. The van der Waals surface area contributed by atoms with Crippen LogP contribution in [0.4, 0.5) is 0 Å². The molecule has 15 heavy (non-hydrogen) atoms. The summed E-state index contributed by atoms with van der Waals surface area (Å²) < 4.78 is 5.52. The van der Waals surface area contributed by atoms with Crippen molar-refractivity contribution in [3.8, 4) is 11.8 Å². The van der Waals surface area contributed by atoms with Crippen LogP contribution in [0.15, 0.2) is 36.4 Å². The van der Waals surface area contributed by atoms with E-state index in [1.54, 1.807) is 0 Å². The van der Waals surface area contributed by atoms with E-state index in [1.807, 2.05) is 50.2 Å². The molecule has 0 fully saturated rings. The van der Waals surface area contributed by atoms with Crippen LogP contribution in [0.25, 0.3) is 0 Å². The lowest BCUT2D eigenvalue weighted by Crippen LogP contribution is -1.92. The molecule has 76 valence electrons. The van der Waals surface area contributed by atoms with Gasteiger partial charge in [-0.3, -0.25) is 0 Å². The monoisotopic (exact) mass is 200 g/mol. The molecule has 0 aliphatic heterocycles. The SMILES string of the molecule is Cc1cccc(Oc2cccc(C)n2)n1. The number of ether oxygens (including phenoxy) is 1. The van der Waals surface area contributed by atoms with E-state index in [0.717, 1.165) is 11.4 Å². The molecule has 2 aromatic heterocycles. The van der Waals surface area contributed by atoms with E-state index in [2.05, 4.69) is 9.97 Å². The molecule has 3 heteroatoms. The molecule has 0 unspecified atom stereocenters. The second-order valence-corrected chi connectivity index (χ2v) is 3.34. The fraction of sp³-hybridized carbons (Fsp3) is 0.167. The van der Waals surface area contributed by atoms with Crippen LogP contribution in [-0.2, 0) is 0 Å². The average Bonchev–Trinajstić information content (AvgIpc) is 2.17. The minimum atomic E-state index is 0.577. The Morgan fingerprint density at radius 1 is 0.800 bits per heavy atom. The van der Waals surface area contributed by atoms with Gasteiger partial charge in [0.05, 0.1) is 0 Å². The Balaban J connectivity index is 2.22. The molecule has 0 aliphatic carbocycles. The highest BCUT2D eigenvalue weighted by molar-refractivity contribution is 5.22. The molecule has 2 aromatic rings. The van der Waals surface area contributed by atoms with Crippen molar-refractivity contribution in [1.29, 1.82) is 0 Å². The first kappa shape index (κ1) is 9.65. The lowest BCUT2D eigenvalue weighted by atomic mass is 10.4. The number of hydrogen-bond donors (Lipinski definition) is 0. The zero-order valence-electron chi connectivity index (χ0n) is 8.77. The van der Waals surface area contributed by atoms with Gasteiger partial charge >= 0.3 is 0 Å². The topological polar surface area (TPSA) is 35.0 Å². The van der Waals surface area contributed by atoms with Crippen LogP contribution in [0.5, 0.6) is 11.8 Å². The molecule has 2 heterocycles. The summed E-state index contributed by atoms with van der Waals surface area (Å²) in [5, 5.41) is 0. The van der Waals surface area contributed by atoms with Gasteiger partial charge in [-0.2, -0.15) is 0 Å². The summed E-state index contributed by atoms with van der Waals surface area (Å²) in [4.78, 5) is 8.47. The van der Waals surface area contributed by atoms with Gasteiger partial charge in [0.15, 0.2) is 0 Å². The first-order valence-electron chi connectivity index (χ1n) is 4.79. The first-order chi connectivity index (χ1) is 7.24. The van der Waals surface area contributed by atoms with Crippen LogP contribution >= 0.6 is 0 Å². The van der Waals surface area contributed by atoms with Crippen molar-refractivity contribution in [2.45, 2.75) is 13.8 Å². The number of aromatic nitrogens is 2. The Kier molecular flexibility index (Phi) is 2.63. The standard InChI is InChI=1S/C12H12N2O/c1-9-5-3-7-11(13-9)15-12-8-4-6-10(2)14-12/h3-8H,1-2H3. The van der Waals surface area contributed by atoms with Crippen molar-refractivity contribution < 1.29 is 4.74 Å². The third-order valence-corrected chi connectivity index (χ3v) is 1.93. The smallest absolute Gasteiger partial charge is 0.221 e. The molecule has 0 aromatic carbocycles. The first-order valence-corrected chi connectivity index (χ1v) is 4.79. The zero-order valence-corrected chi connectivity index (χ0v) is 8.77. The van der Waals surface area contributed by atoms with E-state index in [-0.39, 0.29) is 0 Å². The highest BCUT2D eigenvalue weighted by atomic mass is 16.5. The number of rotatable bonds is 2. The highest BCUT2D eigenvalue weighted by Gasteiger charge is 1.99. The third-order valence-electron chi connectivity index (χ3n) is 1.93. The summed E-state index contributed by atoms with van der Waals surface area (Å²) in [6, 6.07) is 11.3. The van der Waals surface area contributed by atoms with Crippen molar-refractivity contribution in [3.63, 3.8) is 0 Å². The average molecular weight is 200 g/mol. The maximum Gasteiger partial charge on any atom is 0.221 e. The zero-order chi connectivity index (χ0) is 10.7. The fourth-order valence-corrected chi connectivity index (χ4v) is 1.26. The quantitative estimate of drug-likeness (QED) is 0.747. The molecule has 3 nitrogen and oxygen atoms in total. The minimum Gasteiger partial charge on any atom is -0.421 e. The van der Waals surface area contributed by atoms with Crippen LogP contribution in [-0.4, -0.2) is 9.97 Å². The summed E-state index contributed by atoms with van der Waals surface area (Å²) in [6.45, 7) is 3.85. The summed E-state index contributed by atoms with van der Waals surface area (Å²) in [7, 11) is 0. The number of aryl methyl sites for hydroxylation is 2. The van der Waals surface area contributed by atoms with E-state index < -0.39 is 0 Å². The van der Waals surface area contributed by atoms with Crippen LogP contribution < -0.4 is 4.74 Å². The molecule has 0 bridgehead atoms. The number of pyridine rings is 2. The van der Waals surface area contributed by atoms with Gasteiger partial charge in [0, 0.05) is 23.5 Å². The van der Waals surface area contributed by atoms with E-state index in [4.69, 9.17) is 4.74 Å². The minimum absolute atomic E-state index is 0.577. The Labute approximate surface area is 88.8 Å². The summed E-state index contributed by atoms with van der Waals surface area (Å²) in [5.41, 5.74) is 1.86. The highest BCUT2D eigenvalue weighted by Crippen LogP contribution is 2.16. The molecule has 0 aliphatic rings. The Morgan fingerprint density at radius 3 is 1.67 bits per heavy atom. The molecule has 0 radical (unpaired) electrons. The van der Waals surface area contributed by atoms with Crippen molar-refractivity contribution in [2.24, 2.45) is 0 Å². The van der Waals surface area contributed by atoms with Gasteiger partial charge in [0.25, 0.3) is 0 Å². The normalized spacial score (nSPS) is 10.0. The lowest BCUT2D eigenvalue weighted by Gasteiger charge is -2.04. The maximum absolute atomic E-state index is 5.52. The fourth-order valence-electron chi connectivity index (χ4n) is 1.26. The lowest BCUT2D eigenvalue weighted by molar-refractivity contribution is 0.442. The van der Waals surface area contributed by atoms with Gasteiger partial charge < -0.3 is 4.74 Å².